The molecule has 24 heavy (non-hydrogen) atoms. The normalized spacial score (nSPS) is 16.7. The second-order valence-corrected chi connectivity index (χ2v) is 6.41. The van der Waals surface area contributed by atoms with Crippen molar-refractivity contribution >= 4 is 29.9 Å². The van der Waals surface area contributed by atoms with E-state index in [0.717, 1.165) is 51.0 Å². The van der Waals surface area contributed by atoms with E-state index in [-0.39, 0.29) is 24.0 Å². The fraction of sp³-hybridized carbons (Fsp3) is 0.944. The molecule has 0 bridgehead atoms. The van der Waals surface area contributed by atoms with Crippen LogP contribution in [-0.4, -0.2) is 63.8 Å². The smallest absolute Gasteiger partial charge is 0.190 e. The van der Waals surface area contributed by atoms with Crippen LogP contribution in [0.4, 0.5) is 0 Å². The summed E-state index contributed by atoms with van der Waals surface area (Å²) in [6.45, 7) is 11.8. The third-order valence-corrected chi connectivity index (χ3v) is 4.62. The zero-order chi connectivity index (χ0) is 16.8. The summed E-state index contributed by atoms with van der Waals surface area (Å²) in [6, 6.07) is 0. The molecule has 1 heterocycles. The Bertz CT molecular complexity index is 307. The van der Waals surface area contributed by atoms with E-state index in [1.54, 1.807) is 0 Å². The van der Waals surface area contributed by atoms with Gasteiger partial charge in [-0.2, -0.15) is 0 Å². The van der Waals surface area contributed by atoms with Crippen molar-refractivity contribution in [2.75, 3.05) is 53.0 Å². The molecule has 1 aliphatic rings. The molecule has 0 unspecified atom stereocenters. The first-order chi connectivity index (χ1) is 11.3. The molecule has 1 rings (SSSR count). The third-order valence-electron chi connectivity index (χ3n) is 4.62. The summed E-state index contributed by atoms with van der Waals surface area (Å²) in [6.07, 6.45) is 7.33. The van der Waals surface area contributed by atoms with Crippen molar-refractivity contribution in [3.05, 3.63) is 0 Å². The topological polar surface area (TPSA) is 48.9 Å². The lowest BCUT2D eigenvalue weighted by atomic mass is 9.93. The van der Waals surface area contributed by atoms with Gasteiger partial charge in [0.2, 0.25) is 0 Å². The van der Waals surface area contributed by atoms with Gasteiger partial charge in [0.05, 0.1) is 0 Å². The van der Waals surface area contributed by atoms with Gasteiger partial charge in [-0.25, -0.2) is 0 Å². The highest BCUT2D eigenvalue weighted by Gasteiger charge is 2.17. The number of rotatable bonds is 11. The monoisotopic (exact) mass is 454 g/mol. The van der Waals surface area contributed by atoms with Gasteiger partial charge in [0.1, 0.15) is 0 Å². The van der Waals surface area contributed by atoms with Gasteiger partial charge in [0.15, 0.2) is 5.96 Å². The van der Waals surface area contributed by atoms with Gasteiger partial charge in [-0.15, -0.1) is 24.0 Å². The number of likely N-dealkylation sites (tertiary alicyclic amines) is 1. The minimum atomic E-state index is 0. The fourth-order valence-electron chi connectivity index (χ4n) is 2.94. The Labute approximate surface area is 166 Å². The average molecular weight is 454 g/mol. The van der Waals surface area contributed by atoms with Crippen LogP contribution in [0.2, 0.25) is 0 Å². The zero-order valence-corrected chi connectivity index (χ0v) is 18.3. The van der Waals surface area contributed by atoms with E-state index in [4.69, 9.17) is 4.74 Å². The Balaban J connectivity index is 0.00000529. The molecular formula is C18H39IN4O. The van der Waals surface area contributed by atoms with Gasteiger partial charge in [-0.05, 0) is 57.7 Å². The van der Waals surface area contributed by atoms with Gasteiger partial charge in [0.25, 0.3) is 0 Å². The molecule has 1 aliphatic heterocycles. The molecule has 0 aromatic heterocycles. The molecule has 0 spiro atoms. The van der Waals surface area contributed by atoms with E-state index in [9.17, 15) is 0 Å². The molecule has 6 heteroatoms. The first-order valence-corrected chi connectivity index (χ1v) is 9.54. The maximum absolute atomic E-state index is 5.56. The third kappa shape index (κ3) is 11.5. The Morgan fingerprint density at radius 3 is 2.38 bits per heavy atom. The van der Waals surface area contributed by atoms with Crippen LogP contribution >= 0.6 is 24.0 Å². The number of unbranched alkanes of at least 4 members (excludes halogenated alkanes) is 1. The number of nitrogens with zero attached hydrogens (tertiary/aromatic N) is 2. The second kappa shape index (κ2) is 16.4. The number of hydrogen-bond acceptors (Lipinski definition) is 3. The van der Waals surface area contributed by atoms with Gasteiger partial charge >= 0.3 is 0 Å². The quantitative estimate of drug-likeness (QED) is 0.218. The van der Waals surface area contributed by atoms with E-state index in [0.29, 0.717) is 0 Å². The minimum Gasteiger partial charge on any atom is -0.381 e. The van der Waals surface area contributed by atoms with E-state index in [2.05, 4.69) is 34.4 Å². The Morgan fingerprint density at radius 2 is 1.75 bits per heavy atom. The molecule has 0 aromatic carbocycles. The van der Waals surface area contributed by atoms with E-state index in [1.807, 2.05) is 7.05 Å². The molecule has 0 atom stereocenters. The van der Waals surface area contributed by atoms with Crippen molar-refractivity contribution < 1.29 is 4.74 Å². The molecule has 2 N–H and O–H groups in total. The Kier molecular flexibility index (Phi) is 16.3. The van der Waals surface area contributed by atoms with E-state index in [1.165, 1.54) is 45.3 Å². The van der Waals surface area contributed by atoms with Crippen molar-refractivity contribution in [1.82, 2.24) is 15.5 Å². The van der Waals surface area contributed by atoms with Crippen molar-refractivity contribution in [3.8, 4) is 0 Å². The summed E-state index contributed by atoms with van der Waals surface area (Å²) < 4.78 is 5.56. The predicted molar refractivity (Wildman–Crippen MR) is 115 cm³/mol. The largest absolute Gasteiger partial charge is 0.381 e. The molecular weight excluding hydrogens is 415 g/mol. The predicted octanol–water partition coefficient (Wildman–Crippen LogP) is 3.10. The molecule has 1 fully saturated rings. The van der Waals surface area contributed by atoms with Crippen molar-refractivity contribution in [2.45, 2.75) is 52.4 Å². The number of halogens is 1. The Hall–Kier alpha value is -0.0800. The highest BCUT2D eigenvalue weighted by Crippen LogP contribution is 2.19. The highest BCUT2D eigenvalue weighted by atomic mass is 127. The number of nitrogens with one attached hydrogen (secondary N) is 2. The standard InChI is InChI=1S/C18H38N4O.HI/c1-4-6-15-23-16-7-11-20-18(19-3)21-12-8-17-9-13-22(5-2)14-10-17;/h17H,4-16H2,1-3H3,(H2,19,20,21);1H. The molecule has 144 valence electrons. The second-order valence-electron chi connectivity index (χ2n) is 6.41. The zero-order valence-electron chi connectivity index (χ0n) is 16.0. The van der Waals surface area contributed by atoms with Crippen molar-refractivity contribution in [1.29, 1.82) is 0 Å². The van der Waals surface area contributed by atoms with Crippen LogP contribution < -0.4 is 10.6 Å². The number of guanidine groups is 1. The summed E-state index contributed by atoms with van der Waals surface area (Å²) in [4.78, 5) is 6.84. The first kappa shape index (κ1) is 23.9. The molecule has 1 saturated heterocycles. The summed E-state index contributed by atoms with van der Waals surface area (Å²) >= 11 is 0. The molecule has 0 radical (unpaired) electrons. The number of ether oxygens (including phenoxy) is 1. The van der Waals surface area contributed by atoms with Crippen LogP contribution in [0.3, 0.4) is 0 Å². The lowest BCUT2D eigenvalue weighted by molar-refractivity contribution is 0.129. The van der Waals surface area contributed by atoms with Gasteiger partial charge in [-0.1, -0.05) is 20.3 Å². The lowest BCUT2D eigenvalue weighted by Crippen LogP contribution is -2.40. The number of aliphatic imine (C=N–C) groups is 1. The van der Waals surface area contributed by atoms with Crippen LogP contribution in [0.5, 0.6) is 0 Å². The summed E-state index contributed by atoms with van der Waals surface area (Å²) in [5, 5.41) is 6.80. The van der Waals surface area contributed by atoms with Gasteiger partial charge < -0.3 is 20.3 Å². The van der Waals surface area contributed by atoms with Gasteiger partial charge in [0, 0.05) is 33.4 Å². The maximum atomic E-state index is 5.56. The average Bonchev–Trinajstić information content (AvgIpc) is 2.60. The Morgan fingerprint density at radius 1 is 1.08 bits per heavy atom. The van der Waals surface area contributed by atoms with E-state index >= 15 is 0 Å². The first-order valence-electron chi connectivity index (χ1n) is 9.54. The molecule has 0 aliphatic carbocycles. The van der Waals surface area contributed by atoms with Crippen LogP contribution in [0.25, 0.3) is 0 Å². The minimum absolute atomic E-state index is 0. The van der Waals surface area contributed by atoms with Crippen LogP contribution in [0.15, 0.2) is 4.99 Å². The molecule has 0 saturated carbocycles. The molecule has 5 nitrogen and oxygen atoms in total. The van der Waals surface area contributed by atoms with Crippen LogP contribution in [0, 0.1) is 5.92 Å². The van der Waals surface area contributed by atoms with Crippen LogP contribution in [-0.2, 0) is 4.74 Å². The highest BCUT2D eigenvalue weighted by molar-refractivity contribution is 14.0. The molecule has 0 aromatic rings. The van der Waals surface area contributed by atoms with Crippen molar-refractivity contribution in [3.63, 3.8) is 0 Å². The maximum Gasteiger partial charge on any atom is 0.190 e. The summed E-state index contributed by atoms with van der Waals surface area (Å²) in [7, 11) is 1.84. The van der Waals surface area contributed by atoms with E-state index < -0.39 is 0 Å². The number of piperidine rings is 1. The SMILES string of the molecule is CCCCOCCCNC(=NC)NCCC1CCN(CC)CC1.I. The summed E-state index contributed by atoms with van der Waals surface area (Å²) in [5.74, 6) is 1.79. The fourth-order valence-corrected chi connectivity index (χ4v) is 2.94. The van der Waals surface area contributed by atoms with Crippen molar-refractivity contribution in [2.24, 2.45) is 10.9 Å². The van der Waals surface area contributed by atoms with Gasteiger partial charge in [-0.3, -0.25) is 4.99 Å². The lowest BCUT2D eigenvalue weighted by Gasteiger charge is -2.31. The van der Waals surface area contributed by atoms with Crippen LogP contribution in [0.1, 0.15) is 52.4 Å². The number of hydrogen-bond donors (Lipinski definition) is 2. The summed E-state index contributed by atoms with van der Waals surface area (Å²) in [5.41, 5.74) is 0. The molecule has 0 amide bonds.